The third-order valence-electron chi connectivity index (χ3n) is 5.38. The summed E-state index contributed by atoms with van der Waals surface area (Å²) in [5.74, 6) is 1.57. The van der Waals surface area contributed by atoms with E-state index in [1.54, 1.807) is 0 Å². The maximum atomic E-state index is 5.36. The van der Waals surface area contributed by atoms with Crippen LogP contribution in [0.25, 0.3) is 0 Å². The summed E-state index contributed by atoms with van der Waals surface area (Å²) in [6.07, 6.45) is 9.82. The number of ether oxygens (including phenoxy) is 1. The Labute approximate surface area is 177 Å². The van der Waals surface area contributed by atoms with Gasteiger partial charge in [0, 0.05) is 26.2 Å². The Morgan fingerprint density at radius 2 is 1.92 bits per heavy atom. The summed E-state index contributed by atoms with van der Waals surface area (Å²) >= 11 is 0. The van der Waals surface area contributed by atoms with Crippen molar-refractivity contribution in [3.05, 3.63) is 11.6 Å². The van der Waals surface area contributed by atoms with E-state index in [1.165, 1.54) is 44.3 Å². The molecule has 2 N–H and O–H groups in total. The molecular formula is C20H39IN4O. The van der Waals surface area contributed by atoms with Crippen LogP contribution in [0.15, 0.2) is 16.6 Å². The van der Waals surface area contributed by atoms with Gasteiger partial charge in [0.1, 0.15) is 0 Å². The summed E-state index contributed by atoms with van der Waals surface area (Å²) in [7, 11) is 1.86. The van der Waals surface area contributed by atoms with Crippen molar-refractivity contribution in [2.24, 2.45) is 10.9 Å². The van der Waals surface area contributed by atoms with Crippen molar-refractivity contribution >= 4 is 29.9 Å². The Morgan fingerprint density at radius 1 is 1.19 bits per heavy atom. The van der Waals surface area contributed by atoms with E-state index < -0.39 is 0 Å². The molecule has 26 heavy (non-hydrogen) atoms. The lowest BCUT2D eigenvalue weighted by atomic mass is 10.0. The molecule has 0 aromatic rings. The van der Waals surface area contributed by atoms with Crippen LogP contribution in [0.4, 0.5) is 0 Å². The van der Waals surface area contributed by atoms with Gasteiger partial charge in [-0.25, -0.2) is 0 Å². The third kappa shape index (κ3) is 8.57. The molecule has 0 saturated carbocycles. The van der Waals surface area contributed by atoms with Crippen LogP contribution in [0, 0.1) is 5.92 Å². The molecule has 2 aliphatic heterocycles. The third-order valence-corrected chi connectivity index (χ3v) is 5.38. The number of halogens is 1. The molecule has 6 heteroatoms. The van der Waals surface area contributed by atoms with Gasteiger partial charge in [0.2, 0.25) is 0 Å². The molecule has 0 amide bonds. The van der Waals surface area contributed by atoms with Gasteiger partial charge in [-0.05, 0) is 44.7 Å². The number of rotatable bonds is 7. The van der Waals surface area contributed by atoms with Crippen LogP contribution in [0.5, 0.6) is 0 Å². The maximum absolute atomic E-state index is 5.36. The van der Waals surface area contributed by atoms with Crippen molar-refractivity contribution in [3.63, 3.8) is 0 Å². The Morgan fingerprint density at radius 3 is 2.50 bits per heavy atom. The Balaban J connectivity index is 0.00000338. The van der Waals surface area contributed by atoms with Crippen molar-refractivity contribution in [2.75, 3.05) is 46.4 Å². The molecular weight excluding hydrogens is 439 g/mol. The summed E-state index contributed by atoms with van der Waals surface area (Å²) in [5, 5.41) is 7.02. The molecule has 0 radical (unpaired) electrons. The van der Waals surface area contributed by atoms with E-state index in [0.29, 0.717) is 12.0 Å². The smallest absolute Gasteiger partial charge is 0.191 e. The van der Waals surface area contributed by atoms with E-state index in [0.717, 1.165) is 45.1 Å². The highest BCUT2D eigenvalue weighted by molar-refractivity contribution is 14.0. The molecule has 2 rings (SSSR count). The van der Waals surface area contributed by atoms with E-state index >= 15 is 0 Å². The second-order valence-corrected chi connectivity index (χ2v) is 7.58. The highest BCUT2D eigenvalue weighted by Crippen LogP contribution is 2.17. The second kappa shape index (κ2) is 13.8. The van der Waals surface area contributed by atoms with Crippen LogP contribution in [-0.2, 0) is 4.74 Å². The molecule has 1 saturated heterocycles. The van der Waals surface area contributed by atoms with E-state index in [-0.39, 0.29) is 24.0 Å². The largest absolute Gasteiger partial charge is 0.377 e. The van der Waals surface area contributed by atoms with Gasteiger partial charge in [-0.15, -0.1) is 24.0 Å². The molecule has 0 aromatic carbocycles. The number of hydrogen-bond acceptors (Lipinski definition) is 3. The lowest BCUT2D eigenvalue weighted by molar-refractivity contribution is 0.153. The number of guanidine groups is 1. The Bertz CT molecular complexity index is 432. The Hall–Kier alpha value is -0.340. The van der Waals surface area contributed by atoms with E-state index in [9.17, 15) is 0 Å². The number of hydrogen-bond donors (Lipinski definition) is 2. The molecule has 5 nitrogen and oxygen atoms in total. The first-order valence-corrected chi connectivity index (χ1v) is 10.1. The minimum absolute atomic E-state index is 0. The quantitative estimate of drug-likeness (QED) is 0.255. The molecule has 1 unspecified atom stereocenters. The van der Waals surface area contributed by atoms with Gasteiger partial charge in [-0.2, -0.15) is 0 Å². The van der Waals surface area contributed by atoms with Gasteiger partial charge < -0.3 is 15.4 Å². The monoisotopic (exact) mass is 478 g/mol. The van der Waals surface area contributed by atoms with Crippen LogP contribution < -0.4 is 10.6 Å². The lowest BCUT2D eigenvalue weighted by Gasteiger charge is -2.34. The summed E-state index contributed by atoms with van der Waals surface area (Å²) in [4.78, 5) is 7.08. The normalized spacial score (nSPS) is 20.8. The van der Waals surface area contributed by atoms with Gasteiger partial charge in [0.15, 0.2) is 5.96 Å². The first kappa shape index (κ1) is 23.7. The van der Waals surface area contributed by atoms with Gasteiger partial charge in [-0.3, -0.25) is 9.89 Å². The first-order chi connectivity index (χ1) is 12.2. The fraction of sp³-hybridized carbons (Fsp3) is 0.850. The minimum Gasteiger partial charge on any atom is -0.377 e. The number of nitrogens with zero attached hydrogens (tertiary/aromatic N) is 2. The molecule has 0 spiro atoms. The molecule has 1 atom stereocenters. The summed E-state index contributed by atoms with van der Waals surface area (Å²) in [5.41, 5.74) is 1.50. The van der Waals surface area contributed by atoms with Crippen molar-refractivity contribution in [3.8, 4) is 0 Å². The van der Waals surface area contributed by atoms with E-state index in [4.69, 9.17) is 4.74 Å². The summed E-state index contributed by atoms with van der Waals surface area (Å²) in [6.45, 7) is 10.7. The van der Waals surface area contributed by atoms with Gasteiger partial charge in [-0.1, -0.05) is 38.3 Å². The molecule has 0 bridgehead atoms. The molecule has 0 aliphatic carbocycles. The van der Waals surface area contributed by atoms with Crippen LogP contribution in [0.1, 0.15) is 52.4 Å². The summed E-state index contributed by atoms with van der Waals surface area (Å²) in [6, 6.07) is 0.579. The standard InChI is InChI=1S/C20H38N4O.HI/c1-17(2)19(24-12-6-4-5-7-13-24)16-23-20(21-3)22-11-8-18-9-14-25-15-10-18;/h9,17,19H,4-8,10-16H2,1-3H3,(H2,21,22,23);1H. The van der Waals surface area contributed by atoms with E-state index in [1.807, 2.05) is 7.05 Å². The van der Waals surface area contributed by atoms with Gasteiger partial charge in [0.05, 0.1) is 13.2 Å². The minimum atomic E-state index is 0. The fourth-order valence-electron chi connectivity index (χ4n) is 3.77. The average molecular weight is 478 g/mol. The highest BCUT2D eigenvalue weighted by atomic mass is 127. The predicted molar refractivity (Wildman–Crippen MR) is 122 cm³/mol. The van der Waals surface area contributed by atoms with Crippen LogP contribution >= 0.6 is 24.0 Å². The van der Waals surface area contributed by atoms with Crippen molar-refractivity contribution < 1.29 is 4.74 Å². The number of nitrogens with one attached hydrogen (secondary N) is 2. The van der Waals surface area contributed by atoms with Crippen LogP contribution in [0.3, 0.4) is 0 Å². The number of aliphatic imine (C=N–C) groups is 1. The maximum Gasteiger partial charge on any atom is 0.191 e. The average Bonchev–Trinajstić information content (AvgIpc) is 2.90. The van der Waals surface area contributed by atoms with Gasteiger partial charge >= 0.3 is 0 Å². The van der Waals surface area contributed by atoms with Crippen LogP contribution in [-0.4, -0.2) is 63.3 Å². The van der Waals surface area contributed by atoms with Crippen molar-refractivity contribution in [2.45, 2.75) is 58.4 Å². The van der Waals surface area contributed by atoms with Crippen LogP contribution in [0.2, 0.25) is 0 Å². The molecule has 2 aliphatic rings. The fourth-order valence-corrected chi connectivity index (χ4v) is 3.77. The van der Waals surface area contributed by atoms with Crippen molar-refractivity contribution in [1.29, 1.82) is 0 Å². The molecule has 2 heterocycles. The summed E-state index contributed by atoms with van der Waals surface area (Å²) < 4.78 is 5.36. The lowest BCUT2D eigenvalue weighted by Crippen LogP contribution is -2.49. The Kier molecular flexibility index (Phi) is 12.6. The molecule has 1 fully saturated rings. The zero-order valence-corrected chi connectivity index (χ0v) is 19.3. The highest BCUT2D eigenvalue weighted by Gasteiger charge is 2.22. The van der Waals surface area contributed by atoms with Gasteiger partial charge in [0.25, 0.3) is 0 Å². The van der Waals surface area contributed by atoms with Crippen molar-refractivity contribution in [1.82, 2.24) is 15.5 Å². The molecule has 0 aromatic heterocycles. The zero-order chi connectivity index (χ0) is 17.9. The topological polar surface area (TPSA) is 48.9 Å². The van der Waals surface area contributed by atoms with E-state index in [2.05, 4.69) is 40.4 Å². The molecule has 152 valence electrons. The SMILES string of the molecule is CN=C(NCCC1=CCOCC1)NCC(C(C)C)N1CCCCCC1.I. The number of likely N-dealkylation sites (tertiary alicyclic amines) is 1. The first-order valence-electron chi connectivity index (χ1n) is 10.1. The second-order valence-electron chi connectivity index (χ2n) is 7.58. The predicted octanol–water partition coefficient (Wildman–Crippen LogP) is 3.41. The zero-order valence-electron chi connectivity index (χ0n) is 16.9.